The molecule has 7 nitrogen and oxygen atoms in total. The molecule has 0 saturated heterocycles. The summed E-state index contributed by atoms with van der Waals surface area (Å²) in [6, 6.07) is -0.413. The summed E-state index contributed by atoms with van der Waals surface area (Å²) >= 11 is 0. The van der Waals surface area contributed by atoms with Crippen LogP contribution in [0.5, 0.6) is 0 Å². The number of carbonyl (C=O) groups is 3. The Morgan fingerprint density at radius 2 is 1.57 bits per heavy atom. The van der Waals surface area contributed by atoms with Gasteiger partial charge in [0.15, 0.2) is 0 Å². The van der Waals surface area contributed by atoms with E-state index >= 15 is 0 Å². The number of amides is 3. The summed E-state index contributed by atoms with van der Waals surface area (Å²) < 4.78 is 0. The highest BCUT2D eigenvalue weighted by Gasteiger charge is 2.18. The number of halogens is 1. The molecule has 0 aromatic heterocycles. The lowest BCUT2D eigenvalue weighted by Crippen LogP contribution is -2.48. The number of nitrogens with one attached hydrogen (secondary N) is 3. The SMILES string of the molecule is CC(C)[C@H](N)C(=O)NCC(=O)NCC(=O)NC1CCCCC1.Cl. The topological polar surface area (TPSA) is 113 Å². The lowest BCUT2D eigenvalue weighted by atomic mass is 9.95. The van der Waals surface area contributed by atoms with Crippen molar-refractivity contribution in [3.63, 3.8) is 0 Å². The molecule has 0 bridgehead atoms. The Bertz CT molecular complexity index is 398. The molecular formula is C15H29ClN4O3. The second-order valence-corrected chi connectivity index (χ2v) is 6.17. The van der Waals surface area contributed by atoms with Gasteiger partial charge in [0, 0.05) is 6.04 Å². The molecule has 0 spiro atoms. The molecular weight excluding hydrogens is 320 g/mol. The number of hydrogen-bond acceptors (Lipinski definition) is 4. The summed E-state index contributed by atoms with van der Waals surface area (Å²) in [6.07, 6.45) is 5.51. The highest BCUT2D eigenvalue weighted by Crippen LogP contribution is 2.16. The van der Waals surface area contributed by atoms with Crippen molar-refractivity contribution in [3.8, 4) is 0 Å². The van der Waals surface area contributed by atoms with E-state index in [2.05, 4.69) is 16.0 Å². The van der Waals surface area contributed by atoms with Crippen LogP contribution in [0.15, 0.2) is 0 Å². The normalized spacial score (nSPS) is 16.2. The maximum atomic E-state index is 11.7. The summed E-state index contributed by atoms with van der Waals surface area (Å²) in [4.78, 5) is 34.9. The highest BCUT2D eigenvalue weighted by molar-refractivity contribution is 5.89. The van der Waals surface area contributed by atoms with E-state index in [-0.39, 0.29) is 49.3 Å². The Morgan fingerprint density at radius 3 is 2.13 bits per heavy atom. The van der Waals surface area contributed by atoms with Crippen LogP contribution in [0.3, 0.4) is 0 Å². The first kappa shape index (κ1) is 21.7. The average molecular weight is 349 g/mol. The summed E-state index contributed by atoms with van der Waals surface area (Å²) in [6.45, 7) is 3.43. The Morgan fingerprint density at radius 1 is 1.00 bits per heavy atom. The molecule has 1 fully saturated rings. The molecule has 8 heteroatoms. The van der Waals surface area contributed by atoms with Crippen LogP contribution in [0, 0.1) is 5.92 Å². The van der Waals surface area contributed by atoms with Crippen LogP contribution in [-0.2, 0) is 14.4 Å². The molecule has 1 aliphatic carbocycles. The van der Waals surface area contributed by atoms with Gasteiger partial charge < -0.3 is 21.7 Å². The molecule has 1 atom stereocenters. The van der Waals surface area contributed by atoms with E-state index < -0.39 is 11.9 Å². The first-order chi connectivity index (χ1) is 10.4. The molecule has 0 heterocycles. The lowest BCUT2D eigenvalue weighted by Gasteiger charge is -2.22. The quantitative estimate of drug-likeness (QED) is 0.521. The van der Waals surface area contributed by atoms with Crippen molar-refractivity contribution in [3.05, 3.63) is 0 Å². The third kappa shape index (κ3) is 8.76. The molecule has 0 aromatic rings. The van der Waals surface area contributed by atoms with Crippen molar-refractivity contribution in [2.45, 2.75) is 58.0 Å². The van der Waals surface area contributed by atoms with Gasteiger partial charge in [-0.25, -0.2) is 0 Å². The van der Waals surface area contributed by atoms with Gasteiger partial charge in [0.1, 0.15) is 0 Å². The fraction of sp³-hybridized carbons (Fsp3) is 0.800. The van der Waals surface area contributed by atoms with Crippen molar-refractivity contribution in [1.29, 1.82) is 0 Å². The van der Waals surface area contributed by atoms with Gasteiger partial charge in [-0.05, 0) is 18.8 Å². The van der Waals surface area contributed by atoms with E-state index in [0.29, 0.717) is 0 Å². The third-order valence-corrected chi connectivity index (χ3v) is 3.86. The molecule has 5 N–H and O–H groups in total. The summed E-state index contributed by atoms with van der Waals surface area (Å²) in [5, 5.41) is 7.86. The molecule has 1 aliphatic rings. The molecule has 0 aromatic carbocycles. The Labute approximate surface area is 143 Å². The molecule has 0 radical (unpaired) electrons. The van der Waals surface area contributed by atoms with Crippen LogP contribution in [-0.4, -0.2) is 42.9 Å². The van der Waals surface area contributed by atoms with Crippen molar-refractivity contribution in [2.24, 2.45) is 11.7 Å². The first-order valence-corrected chi connectivity index (χ1v) is 7.99. The van der Waals surface area contributed by atoms with Gasteiger partial charge in [-0.15, -0.1) is 12.4 Å². The molecule has 0 unspecified atom stereocenters. The second kappa shape index (κ2) is 11.2. The van der Waals surface area contributed by atoms with Crippen LogP contribution < -0.4 is 21.7 Å². The van der Waals surface area contributed by atoms with E-state index in [1.54, 1.807) is 0 Å². The summed E-state index contributed by atoms with van der Waals surface area (Å²) in [7, 11) is 0. The van der Waals surface area contributed by atoms with Crippen molar-refractivity contribution >= 4 is 30.1 Å². The lowest BCUT2D eigenvalue weighted by molar-refractivity contribution is -0.128. The van der Waals surface area contributed by atoms with Gasteiger partial charge in [-0.3, -0.25) is 14.4 Å². The zero-order chi connectivity index (χ0) is 16.5. The number of nitrogens with two attached hydrogens (primary N) is 1. The van der Waals surface area contributed by atoms with E-state index in [4.69, 9.17) is 5.73 Å². The molecule has 23 heavy (non-hydrogen) atoms. The van der Waals surface area contributed by atoms with Gasteiger partial charge in [-0.1, -0.05) is 33.1 Å². The Balaban J connectivity index is 0.00000484. The molecule has 3 amide bonds. The standard InChI is InChI=1S/C15H28N4O3.ClH/c1-10(2)14(16)15(22)18-8-12(20)17-9-13(21)19-11-6-4-3-5-7-11;/h10-11,14H,3-9,16H2,1-2H3,(H,17,20)(H,18,22)(H,19,21);1H/t14-;/m0./s1. The molecule has 1 rings (SSSR count). The van der Waals surface area contributed by atoms with E-state index in [1.807, 2.05) is 13.8 Å². The third-order valence-electron chi connectivity index (χ3n) is 3.86. The maximum Gasteiger partial charge on any atom is 0.239 e. The van der Waals surface area contributed by atoms with Gasteiger partial charge in [0.05, 0.1) is 19.1 Å². The first-order valence-electron chi connectivity index (χ1n) is 7.99. The minimum Gasteiger partial charge on any atom is -0.352 e. The Hall–Kier alpha value is -1.34. The van der Waals surface area contributed by atoms with E-state index in [0.717, 1.165) is 25.7 Å². The Kier molecular flexibility index (Phi) is 10.6. The largest absolute Gasteiger partial charge is 0.352 e. The van der Waals surface area contributed by atoms with Gasteiger partial charge in [0.25, 0.3) is 0 Å². The van der Waals surface area contributed by atoms with Crippen LogP contribution in [0.2, 0.25) is 0 Å². The van der Waals surface area contributed by atoms with Crippen LogP contribution in [0.25, 0.3) is 0 Å². The summed E-state index contributed by atoms with van der Waals surface area (Å²) in [5.74, 6) is -0.949. The number of rotatable bonds is 7. The molecule has 1 saturated carbocycles. The van der Waals surface area contributed by atoms with Crippen molar-refractivity contribution in [2.75, 3.05) is 13.1 Å². The van der Waals surface area contributed by atoms with Crippen molar-refractivity contribution < 1.29 is 14.4 Å². The van der Waals surface area contributed by atoms with Gasteiger partial charge in [0.2, 0.25) is 17.7 Å². The fourth-order valence-corrected chi connectivity index (χ4v) is 2.35. The van der Waals surface area contributed by atoms with Crippen molar-refractivity contribution in [1.82, 2.24) is 16.0 Å². The number of hydrogen-bond donors (Lipinski definition) is 4. The predicted molar refractivity (Wildman–Crippen MR) is 91.1 cm³/mol. The molecule has 134 valence electrons. The van der Waals surface area contributed by atoms with Crippen LogP contribution in [0.1, 0.15) is 46.0 Å². The zero-order valence-electron chi connectivity index (χ0n) is 13.9. The van der Waals surface area contributed by atoms with E-state index in [9.17, 15) is 14.4 Å². The van der Waals surface area contributed by atoms with E-state index in [1.165, 1.54) is 6.42 Å². The van der Waals surface area contributed by atoms with Gasteiger partial charge in [-0.2, -0.15) is 0 Å². The van der Waals surface area contributed by atoms with Crippen LogP contribution in [0.4, 0.5) is 0 Å². The average Bonchev–Trinajstić information content (AvgIpc) is 2.50. The summed E-state index contributed by atoms with van der Waals surface area (Å²) in [5.41, 5.74) is 5.66. The minimum absolute atomic E-state index is 0. The van der Waals surface area contributed by atoms with Gasteiger partial charge >= 0.3 is 0 Å². The second-order valence-electron chi connectivity index (χ2n) is 6.17. The zero-order valence-corrected chi connectivity index (χ0v) is 14.7. The fourth-order valence-electron chi connectivity index (χ4n) is 2.35. The highest BCUT2D eigenvalue weighted by atomic mass is 35.5. The van der Waals surface area contributed by atoms with Crippen LogP contribution >= 0.6 is 12.4 Å². The minimum atomic E-state index is -0.637. The number of carbonyl (C=O) groups excluding carboxylic acids is 3. The predicted octanol–water partition coefficient (Wildman–Crippen LogP) is 0.0728. The maximum absolute atomic E-state index is 11.7. The smallest absolute Gasteiger partial charge is 0.239 e. The molecule has 0 aliphatic heterocycles. The monoisotopic (exact) mass is 348 g/mol.